The van der Waals surface area contributed by atoms with Crippen molar-refractivity contribution in [3.8, 4) is 11.4 Å². The van der Waals surface area contributed by atoms with Gasteiger partial charge in [-0.25, -0.2) is 26.9 Å². The fourth-order valence-electron chi connectivity index (χ4n) is 8.82. The Balaban J connectivity index is 0.000000170. The Hall–Kier alpha value is -7.08. The molecule has 0 saturated heterocycles. The van der Waals surface area contributed by atoms with E-state index in [1.54, 1.807) is 32.7 Å². The van der Waals surface area contributed by atoms with Gasteiger partial charge in [0.1, 0.15) is 22.8 Å². The molecule has 14 nitrogen and oxygen atoms in total. The van der Waals surface area contributed by atoms with Gasteiger partial charge in [0.05, 0.1) is 66.2 Å². The monoisotopic (exact) mass is 878 g/mol. The summed E-state index contributed by atoms with van der Waals surface area (Å²) in [5.41, 5.74) is 6.75. The van der Waals surface area contributed by atoms with Gasteiger partial charge in [-0.15, -0.1) is 0 Å². The third-order valence-corrected chi connectivity index (χ3v) is 12.2. The molecule has 64 heavy (non-hydrogen) atoms. The number of nitrogens with two attached hydrogens (primary N) is 1. The van der Waals surface area contributed by atoms with Crippen LogP contribution < -0.4 is 16.9 Å². The summed E-state index contributed by atoms with van der Waals surface area (Å²) in [7, 11) is 0. The van der Waals surface area contributed by atoms with Crippen LogP contribution in [0.5, 0.6) is 0 Å². The maximum atomic E-state index is 14.2. The molecule has 0 atom stereocenters. The van der Waals surface area contributed by atoms with Crippen LogP contribution in [0.2, 0.25) is 0 Å². The van der Waals surface area contributed by atoms with Crippen molar-refractivity contribution in [1.29, 1.82) is 0 Å². The molecule has 0 unspecified atom stereocenters. The second-order valence-corrected chi connectivity index (χ2v) is 16.4. The maximum Gasteiger partial charge on any atom is 0.284 e. The minimum Gasteiger partial charge on any atom is -0.335 e. The zero-order chi connectivity index (χ0) is 45.0. The van der Waals surface area contributed by atoms with E-state index in [1.165, 1.54) is 62.6 Å². The van der Waals surface area contributed by atoms with Crippen LogP contribution in [0.3, 0.4) is 0 Å². The molecule has 2 N–H and O–H groups in total. The summed E-state index contributed by atoms with van der Waals surface area (Å²) in [6, 6.07) is 17.6. The molecule has 0 bridgehead atoms. The van der Waals surface area contributed by atoms with Gasteiger partial charge in [-0.1, -0.05) is 24.3 Å². The summed E-state index contributed by atoms with van der Waals surface area (Å²) >= 11 is 0. The topological polar surface area (TPSA) is 158 Å². The number of benzene rings is 3. The lowest BCUT2D eigenvalue weighted by Gasteiger charge is -2.27. The molecule has 3 aliphatic heterocycles. The van der Waals surface area contributed by atoms with Gasteiger partial charge in [0.25, 0.3) is 34.7 Å². The highest BCUT2D eigenvalue weighted by atomic mass is 19.1. The molecule has 2 aromatic heterocycles. The zero-order valence-electron chi connectivity index (χ0n) is 34.4. The smallest absolute Gasteiger partial charge is 0.284 e. The van der Waals surface area contributed by atoms with E-state index >= 15 is 0 Å². The van der Waals surface area contributed by atoms with Crippen molar-refractivity contribution >= 4 is 23.6 Å². The first kappa shape index (κ1) is 42.2. The zero-order valence-corrected chi connectivity index (χ0v) is 34.4. The largest absolute Gasteiger partial charge is 0.335 e. The molecule has 18 heteroatoms. The van der Waals surface area contributed by atoms with Gasteiger partial charge in [0.2, 0.25) is 0 Å². The molecule has 2 aliphatic carbocycles. The number of halogens is 4. The molecule has 0 spiro atoms. The van der Waals surface area contributed by atoms with Crippen LogP contribution in [0, 0.1) is 11.6 Å². The Morgan fingerprint density at radius 3 is 1.41 bits per heavy atom. The van der Waals surface area contributed by atoms with Gasteiger partial charge in [-0.2, -0.15) is 0 Å². The van der Waals surface area contributed by atoms with Crippen molar-refractivity contribution in [3.63, 3.8) is 0 Å². The van der Waals surface area contributed by atoms with Crippen molar-refractivity contribution in [3.05, 3.63) is 163 Å². The fourth-order valence-corrected chi connectivity index (χ4v) is 8.82. The number of nitrogens with zero attached hydrogens (tertiary/aromatic N) is 7. The van der Waals surface area contributed by atoms with Gasteiger partial charge >= 0.3 is 0 Å². The number of imide groups is 1. The van der Waals surface area contributed by atoms with Gasteiger partial charge in [0, 0.05) is 44.6 Å². The highest BCUT2D eigenvalue weighted by molar-refractivity contribution is 6.21. The number of amides is 4. The standard InChI is InChI=1S/C27H22F2N4O4.C19H20F2N4O2/c28-13-16(14-31-24(34)20-6-1-2-7-21(20)25(31)35)15-32-22-10-11-30(18-8-9-18)26(36)23(22)27(37)33(32)19-5-3-4-17(29)12-19;20-9-12(10-22)11-24-16-6-7-23(14-4-5-14)18(26)17(16)19(27)25(24)15-3-1-2-13(21)8-15/h1-7,12-13,18H,8-11,14-15H2;1-3,8-9,14H,4-7,10-11,22H2/b16-13+;12-9+. The SMILES string of the molecule is NC/C(=C\F)Cn1c2c(c(=O)n1-c1cccc(F)c1)C(=O)N(C1CC1)CC2.O=C1c2ccccc2C(=O)N1C/C(=C\F)Cn1c2c(c(=O)n1-c1cccc(F)c1)C(=O)N(C1CC1)CC2. The molecular formula is C46H42F4N8O6. The molecule has 4 amide bonds. The Kier molecular flexibility index (Phi) is 11.1. The molecule has 3 aromatic carbocycles. The van der Waals surface area contributed by atoms with E-state index in [0.717, 1.165) is 36.6 Å². The lowest BCUT2D eigenvalue weighted by molar-refractivity contribution is 0.0663. The maximum absolute atomic E-state index is 14.2. The second kappa shape index (κ2) is 16.9. The van der Waals surface area contributed by atoms with Crippen molar-refractivity contribution < 1.29 is 36.7 Å². The van der Waals surface area contributed by atoms with E-state index in [2.05, 4.69) is 0 Å². The summed E-state index contributed by atoms with van der Waals surface area (Å²) in [6.07, 6.45) is 5.22. The van der Waals surface area contributed by atoms with Crippen LogP contribution in [0.4, 0.5) is 17.6 Å². The number of rotatable bonds is 11. The molecule has 2 saturated carbocycles. The number of hydrogen-bond donors (Lipinski definition) is 1. The number of hydrogen-bond acceptors (Lipinski definition) is 7. The Morgan fingerprint density at radius 1 is 0.578 bits per heavy atom. The number of aromatic nitrogens is 4. The molecule has 0 radical (unpaired) electrons. The van der Waals surface area contributed by atoms with E-state index in [1.807, 2.05) is 0 Å². The summed E-state index contributed by atoms with van der Waals surface area (Å²) in [4.78, 5) is 82.9. The van der Waals surface area contributed by atoms with Crippen molar-refractivity contribution in [2.45, 2.75) is 63.7 Å². The van der Waals surface area contributed by atoms with Crippen LogP contribution in [0.15, 0.2) is 106 Å². The number of carbonyl (C=O) groups excluding carboxylic acids is 4. The Bertz CT molecular complexity index is 2900. The van der Waals surface area contributed by atoms with Crippen LogP contribution >= 0.6 is 0 Å². The molecule has 5 aliphatic rings. The predicted octanol–water partition coefficient (Wildman–Crippen LogP) is 4.84. The van der Waals surface area contributed by atoms with Crippen LogP contribution in [0.1, 0.15) is 78.5 Å². The lowest BCUT2D eigenvalue weighted by atomic mass is 10.1. The Morgan fingerprint density at radius 2 is 1.02 bits per heavy atom. The van der Waals surface area contributed by atoms with Gasteiger partial charge in [-0.3, -0.25) is 43.0 Å². The van der Waals surface area contributed by atoms with Gasteiger partial charge in [0.15, 0.2) is 0 Å². The quantitative estimate of drug-likeness (QED) is 0.147. The normalized spacial score (nSPS) is 17.4. The summed E-state index contributed by atoms with van der Waals surface area (Å²) in [5.74, 6) is -2.83. The first-order chi connectivity index (χ1) is 30.9. The minimum atomic E-state index is -0.616. The van der Waals surface area contributed by atoms with E-state index < -0.39 is 34.6 Å². The molecule has 5 heterocycles. The van der Waals surface area contributed by atoms with Crippen molar-refractivity contribution in [1.82, 2.24) is 33.4 Å². The first-order valence-electron chi connectivity index (χ1n) is 21.0. The molecular weight excluding hydrogens is 837 g/mol. The van der Waals surface area contributed by atoms with Crippen LogP contribution in [-0.4, -0.2) is 95.3 Å². The molecule has 330 valence electrons. The molecule has 2 fully saturated rings. The minimum absolute atomic E-state index is 0.0126. The average molecular weight is 879 g/mol. The van der Waals surface area contributed by atoms with Gasteiger partial charge in [-0.05, 0) is 85.4 Å². The Labute approximate surface area is 362 Å². The predicted molar refractivity (Wildman–Crippen MR) is 225 cm³/mol. The second-order valence-electron chi connectivity index (χ2n) is 16.4. The van der Waals surface area contributed by atoms with E-state index in [0.29, 0.717) is 50.0 Å². The highest BCUT2D eigenvalue weighted by Crippen LogP contribution is 2.33. The third kappa shape index (κ3) is 7.50. The average Bonchev–Trinajstić information content (AvgIpc) is 4.24. The van der Waals surface area contributed by atoms with E-state index in [9.17, 15) is 46.3 Å². The van der Waals surface area contributed by atoms with E-state index in [-0.39, 0.29) is 94.9 Å². The van der Waals surface area contributed by atoms with Crippen molar-refractivity contribution in [2.24, 2.45) is 5.73 Å². The summed E-state index contributed by atoms with van der Waals surface area (Å²) < 4.78 is 60.7. The molecule has 5 aromatic rings. The highest BCUT2D eigenvalue weighted by Gasteiger charge is 2.42. The van der Waals surface area contributed by atoms with E-state index in [4.69, 9.17) is 5.73 Å². The third-order valence-electron chi connectivity index (χ3n) is 12.2. The fraction of sp³-hybridized carbons (Fsp3) is 0.304. The number of fused-ring (bicyclic) bond motifs is 3. The van der Waals surface area contributed by atoms with Crippen LogP contribution in [0.25, 0.3) is 11.4 Å². The van der Waals surface area contributed by atoms with Crippen molar-refractivity contribution in [2.75, 3.05) is 26.2 Å². The van der Waals surface area contributed by atoms with Crippen LogP contribution in [-0.2, 0) is 25.9 Å². The summed E-state index contributed by atoms with van der Waals surface area (Å²) in [5, 5.41) is 0. The molecule has 10 rings (SSSR count). The summed E-state index contributed by atoms with van der Waals surface area (Å²) in [6.45, 7) is 0.362. The first-order valence-corrected chi connectivity index (χ1v) is 21.0. The lowest BCUT2D eigenvalue weighted by Crippen LogP contribution is -2.41. The van der Waals surface area contributed by atoms with Gasteiger partial charge < -0.3 is 15.5 Å². The number of carbonyl (C=O) groups is 4.